The maximum absolute atomic E-state index is 6.17. The summed E-state index contributed by atoms with van der Waals surface area (Å²) < 4.78 is 6.17. The Labute approximate surface area is 128 Å². The van der Waals surface area contributed by atoms with Gasteiger partial charge >= 0.3 is 0 Å². The summed E-state index contributed by atoms with van der Waals surface area (Å²) in [6.07, 6.45) is 5.16. The second kappa shape index (κ2) is 6.52. The molecule has 1 aromatic rings. The number of nitrogens with zero attached hydrogens (tertiary/aromatic N) is 2. The van der Waals surface area contributed by atoms with Gasteiger partial charge in [-0.15, -0.1) is 0 Å². The van der Waals surface area contributed by atoms with Crippen LogP contribution in [0.5, 0.6) is 5.75 Å². The lowest BCUT2D eigenvalue weighted by molar-refractivity contribution is 0.114. The van der Waals surface area contributed by atoms with Crippen LogP contribution in [0.4, 0.5) is 0 Å². The van der Waals surface area contributed by atoms with Gasteiger partial charge in [-0.2, -0.15) is 0 Å². The van der Waals surface area contributed by atoms with Crippen LogP contribution in [0, 0.1) is 0 Å². The predicted octanol–water partition coefficient (Wildman–Crippen LogP) is 3.23. The minimum atomic E-state index is 0.358. The molecule has 114 valence electrons. The molecule has 0 atom stereocenters. The number of likely N-dealkylation sites (tertiary alicyclic amines) is 2. The van der Waals surface area contributed by atoms with Crippen LogP contribution in [0.15, 0.2) is 30.8 Å². The third-order valence-corrected chi connectivity index (χ3v) is 4.62. The number of benzene rings is 1. The first-order chi connectivity index (χ1) is 10.2. The SMILES string of the molecule is C=C(c1cccc(OC2CCN(C)CC2)c1)N1CCCC1. The van der Waals surface area contributed by atoms with Gasteiger partial charge in [0.15, 0.2) is 0 Å². The van der Waals surface area contributed by atoms with Gasteiger partial charge in [0.1, 0.15) is 11.9 Å². The van der Waals surface area contributed by atoms with Gasteiger partial charge in [-0.1, -0.05) is 18.7 Å². The molecule has 21 heavy (non-hydrogen) atoms. The van der Waals surface area contributed by atoms with Crippen LogP contribution in [0.25, 0.3) is 5.70 Å². The van der Waals surface area contributed by atoms with E-state index >= 15 is 0 Å². The van der Waals surface area contributed by atoms with Crippen LogP contribution in [0.3, 0.4) is 0 Å². The van der Waals surface area contributed by atoms with Crippen molar-refractivity contribution in [2.75, 3.05) is 33.2 Å². The number of hydrogen-bond acceptors (Lipinski definition) is 3. The molecule has 0 unspecified atom stereocenters. The van der Waals surface area contributed by atoms with Crippen LogP contribution in [-0.2, 0) is 0 Å². The van der Waals surface area contributed by atoms with Gasteiger partial charge in [-0.25, -0.2) is 0 Å². The Morgan fingerprint density at radius 2 is 1.86 bits per heavy atom. The molecular formula is C18H26N2O. The van der Waals surface area contributed by atoms with Crippen molar-refractivity contribution in [3.8, 4) is 5.75 Å². The summed E-state index contributed by atoms with van der Waals surface area (Å²) in [5, 5.41) is 0. The molecule has 0 bridgehead atoms. The number of rotatable bonds is 4. The molecule has 0 aliphatic carbocycles. The minimum Gasteiger partial charge on any atom is -0.490 e. The van der Waals surface area contributed by atoms with Gasteiger partial charge in [0.25, 0.3) is 0 Å². The van der Waals surface area contributed by atoms with Crippen molar-refractivity contribution >= 4 is 5.70 Å². The fourth-order valence-electron chi connectivity index (χ4n) is 3.21. The number of ether oxygens (including phenoxy) is 1. The van der Waals surface area contributed by atoms with E-state index in [1.54, 1.807) is 0 Å². The molecule has 0 N–H and O–H groups in total. The maximum Gasteiger partial charge on any atom is 0.120 e. The predicted molar refractivity (Wildman–Crippen MR) is 87.4 cm³/mol. The van der Waals surface area contributed by atoms with Crippen LogP contribution >= 0.6 is 0 Å². The van der Waals surface area contributed by atoms with Crippen molar-refractivity contribution in [2.45, 2.75) is 31.8 Å². The molecule has 2 heterocycles. The Morgan fingerprint density at radius 3 is 2.57 bits per heavy atom. The first kappa shape index (κ1) is 14.5. The Kier molecular flexibility index (Phi) is 4.49. The standard InChI is InChI=1S/C18H26N2O/c1-15(20-10-3-4-11-20)16-6-5-7-18(14-16)21-17-8-12-19(2)13-9-17/h5-7,14,17H,1,3-4,8-13H2,2H3. The topological polar surface area (TPSA) is 15.7 Å². The van der Waals surface area contributed by atoms with E-state index in [2.05, 4.69) is 47.7 Å². The summed E-state index contributed by atoms with van der Waals surface area (Å²) >= 11 is 0. The summed E-state index contributed by atoms with van der Waals surface area (Å²) in [5.41, 5.74) is 2.34. The van der Waals surface area contributed by atoms with E-state index in [0.717, 1.165) is 50.5 Å². The van der Waals surface area contributed by atoms with E-state index < -0.39 is 0 Å². The van der Waals surface area contributed by atoms with Gasteiger partial charge in [-0.3, -0.25) is 0 Å². The Morgan fingerprint density at radius 1 is 1.14 bits per heavy atom. The van der Waals surface area contributed by atoms with E-state index in [1.165, 1.54) is 18.4 Å². The number of hydrogen-bond donors (Lipinski definition) is 0. The normalized spacial score (nSPS) is 20.7. The van der Waals surface area contributed by atoms with Crippen molar-refractivity contribution < 1.29 is 4.74 Å². The zero-order valence-corrected chi connectivity index (χ0v) is 13.1. The molecule has 2 saturated heterocycles. The lowest BCUT2D eigenvalue weighted by Crippen LogP contribution is -2.35. The Balaban J connectivity index is 1.64. The van der Waals surface area contributed by atoms with Crippen LogP contribution < -0.4 is 4.74 Å². The van der Waals surface area contributed by atoms with Gasteiger partial charge < -0.3 is 14.5 Å². The van der Waals surface area contributed by atoms with E-state index in [-0.39, 0.29) is 0 Å². The van der Waals surface area contributed by atoms with Crippen molar-refractivity contribution in [3.63, 3.8) is 0 Å². The van der Waals surface area contributed by atoms with Gasteiger partial charge in [0.05, 0.1) is 0 Å². The van der Waals surface area contributed by atoms with Crippen molar-refractivity contribution in [2.24, 2.45) is 0 Å². The zero-order valence-electron chi connectivity index (χ0n) is 13.1. The molecule has 0 aromatic heterocycles. The van der Waals surface area contributed by atoms with E-state index in [4.69, 9.17) is 4.74 Å². The quantitative estimate of drug-likeness (QED) is 0.845. The molecular weight excluding hydrogens is 260 g/mol. The highest BCUT2D eigenvalue weighted by molar-refractivity contribution is 5.63. The first-order valence-electron chi connectivity index (χ1n) is 8.12. The fraction of sp³-hybridized carbons (Fsp3) is 0.556. The van der Waals surface area contributed by atoms with Gasteiger partial charge in [-0.05, 0) is 44.9 Å². The highest BCUT2D eigenvalue weighted by atomic mass is 16.5. The lowest BCUT2D eigenvalue weighted by atomic mass is 10.1. The fourth-order valence-corrected chi connectivity index (χ4v) is 3.21. The highest BCUT2D eigenvalue weighted by Crippen LogP contribution is 2.26. The molecule has 2 fully saturated rings. The summed E-state index contributed by atoms with van der Waals surface area (Å²) in [6.45, 7) is 8.80. The average molecular weight is 286 g/mol. The largest absolute Gasteiger partial charge is 0.490 e. The summed E-state index contributed by atoms with van der Waals surface area (Å²) in [7, 11) is 2.18. The van der Waals surface area contributed by atoms with Crippen molar-refractivity contribution in [1.29, 1.82) is 0 Å². The first-order valence-corrected chi connectivity index (χ1v) is 8.12. The van der Waals surface area contributed by atoms with Crippen LogP contribution in [-0.4, -0.2) is 49.1 Å². The molecule has 3 rings (SSSR count). The molecule has 0 saturated carbocycles. The summed E-state index contributed by atoms with van der Waals surface area (Å²) in [4.78, 5) is 4.75. The zero-order chi connectivity index (χ0) is 14.7. The van der Waals surface area contributed by atoms with Gasteiger partial charge in [0, 0.05) is 37.4 Å². The number of piperidine rings is 1. The molecule has 2 aliphatic heterocycles. The van der Waals surface area contributed by atoms with Gasteiger partial charge in [0.2, 0.25) is 0 Å². The molecule has 0 radical (unpaired) electrons. The molecule has 0 spiro atoms. The molecule has 2 aliphatic rings. The third kappa shape index (κ3) is 3.59. The van der Waals surface area contributed by atoms with E-state index in [9.17, 15) is 0 Å². The molecule has 3 nitrogen and oxygen atoms in total. The second-order valence-electron chi connectivity index (χ2n) is 6.29. The summed E-state index contributed by atoms with van der Waals surface area (Å²) in [6, 6.07) is 8.45. The Bertz CT molecular complexity index is 486. The summed E-state index contributed by atoms with van der Waals surface area (Å²) in [5.74, 6) is 0.988. The molecule has 0 amide bonds. The third-order valence-electron chi connectivity index (χ3n) is 4.62. The highest BCUT2D eigenvalue weighted by Gasteiger charge is 2.19. The van der Waals surface area contributed by atoms with Crippen LogP contribution in [0.2, 0.25) is 0 Å². The van der Waals surface area contributed by atoms with E-state index in [0.29, 0.717) is 6.10 Å². The molecule has 1 aromatic carbocycles. The second-order valence-corrected chi connectivity index (χ2v) is 6.29. The maximum atomic E-state index is 6.17. The van der Waals surface area contributed by atoms with Crippen molar-refractivity contribution in [3.05, 3.63) is 36.4 Å². The smallest absolute Gasteiger partial charge is 0.120 e. The Hall–Kier alpha value is -1.48. The monoisotopic (exact) mass is 286 g/mol. The minimum absolute atomic E-state index is 0.358. The lowest BCUT2D eigenvalue weighted by Gasteiger charge is -2.29. The van der Waals surface area contributed by atoms with E-state index in [1.807, 2.05) is 0 Å². The van der Waals surface area contributed by atoms with Crippen LogP contribution in [0.1, 0.15) is 31.2 Å². The van der Waals surface area contributed by atoms with Crippen molar-refractivity contribution in [1.82, 2.24) is 9.80 Å². The molecule has 3 heteroatoms. The average Bonchev–Trinajstić information content (AvgIpc) is 3.03.